The van der Waals surface area contributed by atoms with Gasteiger partial charge in [-0.15, -0.1) is 0 Å². The summed E-state index contributed by atoms with van der Waals surface area (Å²) in [7, 11) is 2.10. The molecule has 3 saturated heterocycles. The van der Waals surface area contributed by atoms with E-state index in [1.54, 1.807) is 30.5 Å². The Morgan fingerprint density at radius 2 is 2.05 bits per heavy atom. The van der Waals surface area contributed by atoms with Crippen molar-refractivity contribution in [2.24, 2.45) is 11.8 Å². The number of rotatable bonds is 6. The Bertz CT molecular complexity index is 1840. The van der Waals surface area contributed by atoms with E-state index in [0.717, 1.165) is 18.9 Å². The minimum atomic E-state index is -0.661. The van der Waals surface area contributed by atoms with Gasteiger partial charge in [0, 0.05) is 42.8 Å². The number of ether oxygens (including phenoxy) is 1. The van der Waals surface area contributed by atoms with E-state index < -0.39 is 11.6 Å². The number of anilines is 1. The minimum absolute atomic E-state index is 0.0163. The standard InChI is InChI=1S/C32H29ClF2N6O2/c1-3-25(42)40-10-9-22-23(40)14-41(22)31-20-12-36-29(18-6-4-5-16-7-8-21(34)27(33)26(16)18)28(35)30(20)37-32(38-31)43-15-24-19-11-17(19)13-39(24)2/h3-8,12,17,19,22-24H,1,9-11,13-15H2,2H3/t17?,19-,22-,23-,24-/m1/s1. The number of halogens is 3. The zero-order valence-corrected chi connectivity index (χ0v) is 24.3. The fourth-order valence-corrected chi connectivity index (χ4v) is 7.72. The Labute approximate surface area is 251 Å². The number of hydrogen-bond acceptors (Lipinski definition) is 7. The van der Waals surface area contributed by atoms with E-state index in [1.165, 1.54) is 18.6 Å². The van der Waals surface area contributed by atoms with Crippen molar-refractivity contribution >= 4 is 45.0 Å². The maximum atomic E-state index is 16.6. The number of piperidine rings is 1. The molecule has 8 rings (SSSR count). The zero-order chi connectivity index (χ0) is 29.6. The highest BCUT2D eigenvalue weighted by molar-refractivity contribution is 6.36. The van der Waals surface area contributed by atoms with Crippen LogP contribution in [0.5, 0.6) is 6.01 Å². The van der Waals surface area contributed by atoms with E-state index in [-0.39, 0.29) is 46.3 Å². The van der Waals surface area contributed by atoms with Crippen molar-refractivity contribution in [1.29, 1.82) is 0 Å². The van der Waals surface area contributed by atoms with Crippen LogP contribution in [0.1, 0.15) is 12.8 Å². The Morgan fingerprint density at radius 3 is 2.84 bits per heavy atom. The third-order valence-corrected chi connectivity index (χ3v) is 10.2. The van der Waals surface area contributed by atoms with Crippen LogP contribution in [0.3, 0.4) is 0 Å². The predicted molar refractivity (Wildman–Crippen MR) is 160 cm³/mol. The number of nitrogens with zero attached hydrogens (tertiary/aromatic N) is 6. The van der Waals surface area contributed by atoms with Gasteiger partial charge in [-0.3, -0.25) is 14.7 Å². The van der Waals surface area contributed by atoms with Crippen LogP contribution in [-0.4, -0.2) is 82.1 Å². The number of carbonyl (C=O) groups is 1. The van der Waals surface area contributed by atoms with Crippen molar-refractivity contribution in [2.45, 2.75) is 31.0 Å². The molecule has 0 spiro atoms. The first-order valence-electron chi connectivity index (χ1n) is 14.6. The minimum Gasteiger partial charge on any atom is -0.462 e. The van der Waals surface area contributed by atoms with Gasteiger partial charge in [0.25, 0.3) is 0 Å². The van der Waals surface area contributed by atoms with Gasteiger partial charge in [-0.2, -0.15) is 9.97 Å². The maximum absolute atomic E-state index is 16.6. The van der Waals surface area contributed by atoms with E-state index in [2.05, 4.69) is 33.4 Å². The highest BCUT2D eigenvalue weighted by Crippen LogP contribution is 2.49. The van der Waals surface area contributed by atoms with Gasteiger partial charge in [-0.25, -0.2) is 8.78 Å². The van der Waals surface area contributed by atoms with Crippen molar-refractivity contribution in [3.05, 3.63) is 65.8 Å². The van der Waals surface area contributed by atoms with Crippen molar-refractivity contribution < 1.29 is 18.3 Å². The summed E-state index contributed by atoms with van der Waals surface area (Å²) in [6, 6.07) is 8.56. The highest BCUT2D eigenvalue weighted by atomic mass is 35.5. The molecule has 1 aliphatic carbocycles. The molecule has 43 heavy (non-hydrogen) atoms. The zero-order valence-electron chi connectivity index (χ0n) is 23.5. The Hall–Kier alpha value is -3.89. The molecule has 3 aliphatic heterocycles. The van der Waals surface area contributed by atoms with Crippen LogP contribution in [0.15, 0.2) is 49.2 Å². The number of hydrogen-bond donors (Lipinski definition) is 0. The summed E-state index contributed by atoms with van der Waals surface area (Å²) in [4.78, 5) is 32.5. The van der Waals surface area contributed by atoms with Gasteiger partial charge in [0.15, 0.2) is 5.82 Å². The second kappa shape index (κ2) is 9.82. The first kappa shape index (κ1) is 26.7. The molecular formula is C32H29ClF2N6O2. The summed E-state index contributed by atoms with van der Waals surface area (Å²) in [6.45, 7) is 6.26. The third-order valence-electron chi connectivity index (χ3n) is 9.80. The quantitative estimate of drug-likeness (QED) is 0.285. The second-order valence-corrected chi connectivity index (χ2v) is 12.4. The number of benzene rings is 2. The van der Waals surface area contributed by atoms with Crippen molar-refractivity contribution in [3.63, 3.8) is 0 Å². The largest absolute Gasteiger partial charge is 0.462 e. The molecule has 2 aromatic heterocycles. The average Bonchev–Trinajstić information content (AvgIpc) is 3.57. The molecular weight excluding hydrogens is 574 g/mol. The summed E-state index contributed by atoms with van der Waals surface area (Å²) in [5.41, 5.74) is 0.455. The molecule has 0 radical (unpaired) electrons. The van der Waals surface area contributed by atoms with Crippen molar-refractivity contribution in [3.8, 4) is 17.3 Å². The number of amides is 1. The normalized spacial score (nSPS) is 26.0. The Kier molecular flexibility index (Phi) is 6.10. The number of likely N-dealkylation sites (N-methyl/N-ethyl adjacent to an activating group) is 1. The highest BCUT2D eigenvalue weighted by Gasteiger charge is 2.52. The molecule has 8 nitrogen and oxygen atoms in total. The lowest BCUT2D eigenvalue weighted by Gasteiger charge is -2.47. The molecule has 4 aliphatic rings. The molecule has 11 heteroatoms. The van der Waals surface area contributed by atoms with Crippen LogP contribution in [0.2, 0.25) is 5.02 Å². The van der Waals surface area contributed by atoms with E-state index >= 15 is 4.39 Å². The Balaban J connectivity index is 1.23. The summed E-state index contributed by atoms with van der Waals surface area (Å²) in [6.07, 6.45) is 4.87. The van der Waals surface area contributed by atoms with Gasteiger partial charge in [-0.05, 0) is 49.3 Å². The topological polar surface area (TPSA) is 74.7 Å². The van der Waals surface area contributed by atoms with Crippen LogP contribution >= 0.6 is 11.6 Å². The van der Waals surface area contributed by atoms with Gasteiger partial charge in [0.05, 0.1) is 22.5 Å². The summed E-state index contributed by atoms with van der Waals surface area (Å²) in [5.74, 6) is 0.508. The molecule has 4 fully saturated rings. The van der Waals surface area contributed by atoms with Crippen LogP contribution in [0, 0.1) is 23.5 Å². The lowest BCUT2D eigenvalue weighted by Crippen LogP contribution is -2.63. The van der Waals surface area contributed by atoms with Crippen LogP contribution in [-0.2, 0) is 4.79 Å². The average molecular weight is 603 g/mol. The molecule has 0 bridgehead atoms. The number of likely N-dealkylation sites (tertiary alicyclic amines) is 2. The van der Waals surface area contributed by atoms with Crippen LogP contribution in [0.25, 0.3) is 32.9 Å². The molecule has 2 aromatic carbocycles. The molecule has 1 saturated carbocycles. The summed E-state index contributed by atoms with van der Waals surface area (Å²) in [5, 5.41) is 1.40. The number of aromatic nitrogens is 3. The van der Waals surface area contributed by atoms with Crippen LogP contribution < -0.4 is 9.64 Å². The van der Waals surface area contributed by atoms with Gasteiger partial charge in [-0.1, -0.05) is 42.4 Å². The fraction of sp³-hybridized carbons (Fsp3) is 0.375. The molecule has 4 aromatic rings. The smallest absolute Gasteiger partial charge is 0.319 e. The number of pyridine rings is 1. The van der Waals surface area contributed by atoms with E-state index in [1.807, 2.05) is 4.90 Å². The fourth-order valence-electron chi connectivity index (χ4n) is 7.45. The predicted octanol–water partition coefficient (Wildman–Crippen LogP) is 5.08. The van der Waals surface area contributed by atoms with E-state index in [9.17, 15) is 9.18 Å². The SMILES string of the molecule is C=CC(=O)N1CC[C@@H]2[C@H]1CN2c1nc(OC[C@@H]2[C@@H]3CC3CN2C)nc2c(F)c(-c3cccc4ccc(F)c(Cl)c34)ncc12. The van der Waals surface area contributed by atoms with Crippen molar-refractivity contribution in [2.75, 3.05) is 38.2 Å². The monoisotopic (exact) mass is 602 g/mol. The number of fused-ring (bicyclic) bond motifs is 4. The number of carbonyl (C=O) groups excluding carboxylic acids is 1. The second-order valence-electron chi connectivity index (χ2n) is 12.1. The van der Waals surface area contributed by atoms with Gasteiger partial charge in [0.1, 0.15) is 29.5 Å². The lowest BCUT2D eigenvalue weighted by molar-refractivity contribution is -0.127. The van der Waals surface area contributed by atoms with Gasteiger partial charge < -0.3 is 14.5 Å². The maximum Gasteiger partial charge on any atom is 0.319 e. The summed E-state index contributed by atoms with van der Waals surface area (Å²) < 4.78 is 37.3. The van der Waals surface area contributed by atoms with Gasteiger partial charge >= 0.3 is 6.01 Å². The molecule has 5 heterocycles. The molecule has 5 atom stereocenters. The molecule has 220 valence electrons. The third kappa shape index (κ3) is 4.10. The summed E-state index contributed by atoms with van der Waals surface area (Å²) >= 11 is 6.38. The molecule has 1 unspecified atom stereocenters. The van der Waals surface area contributed by atoms with Gasteiger partial charge in [0.2, 0.25) is 5.91 Å². The van der Waals surface area contributed by atoms with Crippen molar-refractivity contribution in [1.82, 2.24) is 24.8 Å². The molecule has 0 N–H and O–H groups in total. The first-order chi connectivity index (χ1) is 20.8. The lowest BCUT2D eigenvalue weighted by atomic mass is 9.96. The first-order valence-corrected chi connectivity index (χ1v) is 15.0. The molecule has 1 amide bonds. The van der Waals surface area contributed by atoms with Crippen LogP contribution in [0.4, 0.5) is 14.6 Å². The van der Waals surface area contributed by atoms with E-state index in [0.29, 0.717) is 53.2 Å². The Morgan fingerprint density at radius 1 is 1.19 bits per heavy atom. The van der Waals surface area contributed by atoms with E-state index in [4.69, 9.17) is 21.3 Å².